The number of thiazole rings is 1. The molecule has 2 aromatic heterocycles. The Labute approximate surface area is 162 Å². The van der Waals surface area contributed by atoms with E-state index < -0.39 is 17.4 Å². The van der Waals surface area contributed by atoms with E-state index in [9.17, 15) is 13.6 Å². The Morgan fingerprint density at radius 1 is 1.11 bits per heavy atom. The molecule has 0 bridgehead atoms. The molecule has 4 aromatic rings. The summed E-state index contributed by atoms with van der Waals surface area (Å²) in [7, 11) is 0. The third kappa shape index (κ3) is 3.54. The van der Waals surface area contributed by atoms with Crippen molar-refractivity contribution in [1.29, 1.82) is 0 Å². The van der Waals surface area contributed by atoms with Gasteiger partial charge in [0.05, 0.1) is 11.4 Å². The van der Waals surface area contributed by atoms with Crippen molar-refractivity contribution >= 4 is 39.8 Å². The van der Waals surface area contributed by atoms with E-state index in [2.05, 4.69) is 4.98 Å². The van der Waals surface area contributed by atoms with Crippen LogP contribution in [0.1, 0.15) is 16.1 Å². The number of halogens is 3. The standard InChI is InChI=1S/C20H11ClF2N2OS/c21-14-3-1-12(2-4-14)19-17(25-7-8-27-20(25)24-19)5-6-18(26)13-9-15(22)11-16(23)10-13/h1-11H. The second-order valence-corrected chi connectivity index (χ2v) is 7.07. The minimum Gasteiger partial charge on any atom is -0.290 e. The minimum absolute atomic E-state index is 0.0529. The average molecular weight is 401 g/mol. The van der Waals surface area contributed by atoms with E-state index in [1.165, 1.54) is 17.4 Å². The predicted molar refractivity (Wildman–Crippen MR) is 103 cm³/mol. The Morgan fingerprint density at radius 3 is 2.52 bits per heavy atom. The molecule has 0 saturated carbocycles. The van der Waals surface area contributed by atoms with Crippen LogP contribution in [0.2, 0.25) is 5.02 Å². The van der Waals surface area contributed by atoms with Crippen molar-refractivity contribution in [3.63, 3.8) is 0 Å². The highest BCUT2D eigenvalue weighted by atomic mass is 35.5. The zero-order valence-corrected chi connectivity index (χ0v) is 15.3. The SMILES string of the molecule is O=C(C=Cc1c(-c2ccc(Cl)cc2)nc2sccn12)c1cc(F)cc(F)c1. The smallest absolute Gasteiger partial charge is 0.194 e. The number of aromatic nitrogens is 2. The number of hydrogen-bond donors (Lipinski definition) is 0. The van der Waals surface area contributed by atoms with Gasteiger partial charge in [0, 0.05) is 33.8 Å². The lowest BCUT2D eigenvalue weighted by Crippen LogP contribution is -1.97. The van der Waals surface area contributed by atoms with Crippen LogP contribution in [-0.4, -0.2) is 15.2 Å². The third-order valence-electron chi connectivity index (χ3n) is 3.96. The lowest BCUT2D eigenvalue weighted by molar-refractivity contribution is 0.104. The zero-order valence-electron chi connectivity index (χ0n) is 13.7. The van der Waals surface area contributed by atoms with Gasteiger partial charge in [0.15, 0.2) is 10.7 Å². The van der Waals surface area contributed by atoms with Crippen LogP contribution >= 0.6 is 22.9 Å². The molecule has 2 heterocycles. The number of benzene rings is 2. The van der Waals surface area contributed by atoms with E-state index >= 15 is 0 Å². The van der Waals surface area contributed by atoms with Gasteiger partial charge in [-0.05, 0) is 36.4 Å². The van der Waals surface area contributed by atoms with Crippen molar-refractivity contribution < 1.29 is 13.6 Å². The number of allylic oxidation sites excluding steroid dienone is 1. The van der Waals surface area contributed by atoms with E-state index in [1.54, 1.807) is 18.2 Å². The number of ketones is 1. The minimum atomic E-state index is -0.793. The van der Waals surface area contributed by atoms with Gasteiger partial charge in [0.1, 0.15) is 11.6 Å². The monoisotopic (exact) mass is 400 g/mol. The molecule has 134 valence electrons. The van der Waals surface area contributed by atoms with Crippen LogP contribution in [0.15, 0.2) is 60.1 Å². The summed E-state index contributed by atoms with van der Waals surface area (Å²) < 4.78 is 28.5. The summed E-state index contributed by atoms with van der Waals surface area (Å²) in [5.74, 6) is -2.09. The van der Waals surface area contributed by atoms with Crippen LogP contribution in [0.3, 0.4) is 0 Å². The van der Waals surface area contributed by atoms with E-state index in [0.717, 1.165) is 28.7 Å². The van der Waals surface area contributed by atoms with Crippen molar-refractivity contribution in [3.8, 4) is 11.3 Å². The normalized spacial score (nSPS) is 11.5. The number of nitrogens with zero attached hydrogens (tertiary/aromatic N) is 2. The van der Waals surface area contributed by atoms with Crippen LogP contribution in [0, 0.1) is 11.6 Å². The quantitative estimate of drug-likeness (QED) is 0.316. The van der Waals surface area contributed by atoms with Gasteiger partial charge in [-0.15, -0.1) is 11.3 Å². The summed E-state index contributed by atoms with van der Waals surface area (Å²) in [6.45, 7) is 0. The van der Waals surface area contributed by atoms with Gasteiger partial charge >= 0.3 is 0 Å². The van der Waals surface area contributed by atoms with Crippen LogP contribution in [0.5, 0.6) is 0 Å². The lowest BCUT2D eigenvalue weighted by atomic mass is 10.1. The first-order valence-corrected chi connectivity index (χ1v) is 9.17. The molecule has 27 heavy (non-hydrogen) atoms. The lowest BCUT2D eigenvalue weighted by Gasteiger charge is -2.01. The molecule has 0 aliphatic heterocycles. The topological polar surface area (TPSA) is 34.4 Å². The molecule has 3 nitrogen and oxygen atoms in total. The highest BCUT2D eigenvalue weighted by Gasteiger charge is 2.14. The van der Waals surface area contributed by atoms with Gasteiger partial charge in [-0.3, -0.25) is 9.20 Å². The first-order valence-electron chi connectivity index (χ1n) is 7.91. The van der Waals surface area contributed by atoms with Crippen molar-refractivity contribution in [1.82, 2.24) is 9.38 Å². The van der Waals surface area contributed by atoms with Gasteiger partial charge in [-0.2, -0.15) is 0 Å². The number of imidazole rings is 1. The number of fused-ring (bicyclic) bond motifs is 1. The number of hydrogen-bond acceptors (Lipinski definition) is 3. The maximum absolute atomic E-state index is 13.3. The molecule has 0 fully saturated rings. The van der Waals surface area contributed by atoms with Crippen molar-refractivity contribution in [2.45, 2.75) is 0 Å². The van der Waals surface area contributed by atoms with Gasteiger partial charge in [0.2, 0.25) is 0 Å². The van der Waals surface area contributed by atoms with E-state index in [1.807, 2.05) is 28.1 Å². The summed E-state index contributed by atoms with van der Waals surface area (Å²) in [6.07, 6.45) is 4.73. The van der Waals surface area contributed by atoms with Gasteiger partial charge in [-0.25, -0.2) is 13.8 Å². The molecule has 2 aromatic carbocycles. The molecule has 0 radical (unpaired) electrons. The summed E-state index contributed by atoms with van der Waals surface area (Å²) in [4.78, 5) is 17.7. The Balaban J connectivity index is 1.75. The van der Waals surface area contributed by atoms with E-state index in [4.69, 9.17) is 11.6 Å². The molecule has 0 unspecified atom stereocenters. The molecule has 0 atom stereocenters. The first-order chi connectivity index (χ1) is 13.0. The van der Waals surface area contributed by atoms with Gasteiger partial charge in [-0.1, -0.05) is 23.7 Å². The Bertz CT molecular complexity index is 1160. The molecule has 4 rings (SSSR count). The maximum atomic E-state index is 13.3. The predicted octanol–water partition coefficient (Wildman–Crippen LogP) is 5.89. The number of rotatable bonds is 4. The summed E-state index contributed by atoms with van der Waals surface area (Å²) >= 11 is 7.41. The second-order valence-electron chi connectivity index (χ2n) is 5.76. The molecule has 0 aliphatic carbocycles. The molecule has 0 spiro atoms. The Morgan fingerprint density at radius 2 is 1.81 bits per heavy atom. The highest BCUT2D eigenvalue weighted by molar-refractivity contribution is 7.15. The molecule has 0 amide bonds. The first kappa shape index (κ1) is 17.6. The third-order valence-corrected chi connectivity index (χ3v) is 4.96. The number of carbonyl (C=O) groups is 1. The molecule has 0 aliphatic rings. The fourth-order valence-corrected chi connectivity index (χ4v) is 3.58. The summed E-state index contributed by atoms with van der Waals surface area (Å²) in [6, 6.07) is 9.95. The Kier molecular flexibility index (Phi) is 4.59. The fourth-order valence-electron chi connectivity index (χ4n) is 2.73. The molecule has 7 heteroatoms. The second kappa shape index (κ2) is 7.06. The van der Waals surface area contributed by atoms with E-state index in [0.29, 0.717) is 16.4 Å². The van der Waals surface area contributed by atoms with E-state index in [-0.39, 0.29) is 5.56 Å². The maximum Gasteiger partial charge on any atom is 0.194 e. The molecular weight excluding hydrogens is 390 g/mol. The fraction of sp³-hybridized carbons (Fsp3) is 0. The summed E-state index contributed by atoms with van der Waals surface area (Å²) in [5, 5.41) is 2.50. The molecular formula is C20H11ClF2N2OS. The van der Waals surface area contributed by atoms with Crippen molar-refractivity contribution in [3.05, 3.63) is 88.0 Å². The largest absolute Gasteiger partial charge is 0.290 e. The molecule has 0 saturated heterocycles. The number of carbonyl (C=O) groups excluding carboxylic acids is 1. The van der Waals surface area contributed by atoms with Crippen molar-refractivity contribution in [2.24, 2.45) is 0 Å². The summed E-state index contributed by atoms with van der Waals surface area (Å²) in [5.41, 5.74) is 2.17. The van der Waals surface area contributed by atoms with Crippen LogP contribution < -0.4 is 0 Å². The van der Waals surface area contributed by atoms with Crippen molar-refractivity contribution in [2.75, 3.05) is 0 Å². The van der Waals surface area contributed by atoms with Crippen LogP contribution in [0.4, 0.5) is 8.78 Å². The van der Waals surface area contributed by atoms with Crippen LogP contribution in [0.25, 0.3) is 22.3 Å². The average Bonchev–Trinajstić information content (AvgIpc) is 3.21. The Hall–Kier alpha value is -2.83. The molecule has 0 N–H and O–H groups in total. The zero-order chi connectivity index (χ0) is 19.0. The highest BCUT2D eigenvalue weighted by Crippen LogP contribution is 2.28. The van der Waals surface area contributed by atoms with Crippen LogP contribution in [-0.2, 0) is 0 Å². The van der Waals surface area contributed by atoms with Gasteiger partial charge in [0.25, 0.3) is 0 Å². The van der Waals surface area contributed by atoms with Gasteiger partial charge < -0.3 is 0 Å².